The first-order valence-electron chi connectivity index (χ1n) is 9.64. The zero-order valence-corrected chi connectivity index (χ0v) is 17.3. The van der Waals surface area contributed by atoms with Gasteiger partial charge in [-0.1, -0.05) is 18.2 Å². The Morgan fingerprint density at radius 1 is 0.903 bits per heavy atom. The summed E-state index contributed by atoms with van der Waals surface area (Å²) in [5.74, 6) is -0.146. The third kappa shape index (κ3) is 3.68. The maximum Gasteiger partial charge on any atom is 0.197 e. The predicted octanol–water partition coefficient (Wildman–Crippen LogP) is 4.77. The molecule has 0 fully saturated rings. The summed E-state index contributed by atoms with van der Waals surface area (Å²) in [6.07, 6.45) is 5.39. The fraction of sp³-hybridized carbons (Fsp3) is 0.160. The molecule has 3 N–H and O–H groups in total. The van der Waals surface area contributed by atoms with Crippen LogP contribution >= 0.6 is 0 Å². The normalized spacial score (nSPS) is 10.7. The van der Waals surface area contributed by atoms with Gasteiger partial charge in [-0.05, 0) is 31.4 Å². The fourth-order valence-corrected chi connectivity index (χ4v) is 3.65. The summed E-state index contributed by atoms with van der Waals surface area (Å²) < 4.78 is 11.2. The van der Waals surface area contributed by atoms with Crippen LogP contribution in [0.3, 0.4) is 0 Å². The SMILES string of the molecule is C=CCc1c(-c2cc(=O)c3c(O)c(CC=C)c(O)c(CC=C)c3o2)ccc(OC)c1O. The molecule has 0 aliphatic rings. The summed E-state index contributed by atoms with van der Waals surface area (Å²) in [6.45, 7) is 11.1. The maximum atomic E-state index is 13.0. The van der Waals surface area contributed by atoms with Gasteiger partial charge in [0.1, 0.15) is 28.2 Å². The van der Waals surface area contributed by atoms with Crippen LogP contribution in [0.1, 0.15) is 16.7 Å². The monoisotopic (exact) mass is 420 g/mol. The van der Waals surface area contributed by atoms with E-state index in [0.717, 1.165) is 0 Å². The molecule has 2 aromatic carbocycles. The summed E-state index contributed by atoms with van der Waals surface area (Å²) in [6, 6.07) is 4.48. The zero-order chi connectivity index (χ0) is 22.7. The van der Waals surface area contributed by atoms with E-state index in [0.29, 0.717) is 23.1 Å². The van der Waals surface area contributed by atoms with Gasteiger partial charge in [0.25, 0.3) is 0 Å². The average Bonchev–Trinajstić information content (AvgIpc) is 2.75. The number of ether oxygens (including phenoxy) is 1. The zero-order valence-electron chi connectivity index (χ0n) is 17.3. The van der Waals surface area contributed by atoms with E-state index in [2.05, 4.69) is 19.7 Å². The van der Waals surface area contributed by atoms with Crippen molar-refractivity contribution >= 4 is 11.0 Å². The molecule has 6 heteroatoms. The van der Waals surface area contributed by atoms with Crippen LogP contribution in [0.4, 0.5) is 0 Å². The predicted molar refractivity (Wildman–Crippen MR) is 121 cm³/mol. The highest BCUT2D eigenvalue weighted by molar-refractivity contribution is 5.91. The van der Waals surface area contributed by atoms with Gasteiger partial charge < -0.3 is 24.5 Å². The van der Waals surface area contributed by atoms with Crippen molar-refractivity contribution in [2.75, 3.05) is 7.11 Å². The average molecular weight is 420 g/mol. The highest BCUT2D eigenvalue weighted by Gasteiger charge is 2.23. The molecule has 6 nitrogen and oxygen atoms in total. The molecule has 160 valence electrons. The van der Waals surface area contributed by atoms with Crippen molar-refractivity contribution < 1.29 is 24.5 Å². The van der Waals surface area contributed by atoms with Crippen LogP contribution in [0.2, 0.25) is 0 Å². The first-order chi connectivity index (χ1) is 14.9. The van der Waals surface area contributed by atoms with Crippen molar-refractivity contribution in [3.8, 4) is 34.3 Å². The Morgan fingerprint density at radius 2 is 1.52 bits per heavy atom. The Kier molecular flexibility index (Phi) is 6.20. The molecule has 31 heavy (non-hydrogen) atoms. The maximum absolute atomic E-state index is 13.0. The summed E-state index contributed by atoms with van der Waals surface area (Å²) in [4.78, 5) is 13.0. The van der Waals surface area contributed by atoms with Gasteiger partial charge in [0, 0.05) is 28.3 Å². The number of hydrogen-bond acceptors (Lipinski definition) is 6. The molecule has 0 bridgehead atoms. The number of allylic oxidation sites excluding steroid dienone is 3. The molecule has 3 aromatic rings. The molecular formula is C25H24O6. The Balaban J connectivity index is 2.42. The summed E-state index contributed by atoms with van der Waals surface area (Å²) in [5.41, 5.74) is 1.06. The standard InChI is InChI=1S/C25H24O6/c1-5-8-15-14(11-12-19(30-4)23(15)28)20-13-18(26)21-24(29)16(9-6-2)22(27)17(10-7-3)25(21)31-20/h5-7,11-13,27-29H,1-3,8-10H2,4H3. The van der Waals surface area contributed by atoms with E-state index < -0.39 is 5.43 Å². The van der Waals surface area contributed by atoms with Crippen LogP contribution in [0.15, 0.2) is 65.4 Å². The molecule has 0 atom stereocenters. The van der Waals surface area contributed by atoms with Crippen LogP contribution < -0.4 is 10.2 Å². The summed E-state index contributed by atoms with van der Waals surface area (Å²) in [7, 11) is 1.44. The molecule has 0 aliphatic carbocycles. The minimum Gasteiger partial charge on any atom is -0.507 e. The number of rotatable bonds is 8. The minimum atomic E-state index is -0.482. The van der Waals surface area contributed by atoms with E-state index in [1.165, 1.54) is 19.3 Å². The van der Waals surface area contributed by atoms with Gasteiger partial charge in [0.15, 0.2) is 16.9 Å². The Morgan fingerprint density at radius 3 is 2.13 bits per heavy atom. The van der Waals surface area contributed by atoms with E-state index in [1.807, 2.05) is 0 Å². The highest BCUT2D eigenvalue weighted by Crippen LogP contribution is 2.42. The van der Waals surface area contributed by atoms with E-state index in [1.54, 1.807) is 24.3 Å². The van der Waals surface area contributed by atoms with Crippen molar-refractivity contribution in [3.63, 3.8) is 0 Å². The van der Waals surface area contributed by atoms with Crippen molar-refractivity contribution in [2.45, 2.75) is 19.3 Å². The van der Waals surface area contributed by atoms with E-state index in [-0.39, 0.29) is 58.1 Å². The van der Waals surface area contributed by atoms with Crippen LogP contribution in [-0.4, -0.2) is 22.4 Å². The van der Waals surface area contributed by atoms with Gasteiger partial charge in [-0.3, -0.25) is 4.79 Å². The molecule has 0 spiro atoms. The number of aromatic hydroxyl groups is 3. The third-order valence-electron chi connectivity index (χ3n) is 5.09. The number of hydrogen-bond donors (Lipinski definition) is 3. The second-order valence-corrected chi connectivity index (χ2v) is 6.95. The van der Waals surface area contributed by atoms with Gasteiger partial charge in [-0.2, -0.15) is 0 Å². The molecule has 1 heterocycles. The third-order valence-corrected chi connectivity index (χ3v) is 5.09. The highest BCUT2D eigenvalue weighted by atomic mass is 16.5. The molecule has 0 aliphatic heterocycles. The smallest absolute Gasteiger partial charge is 0.197 e. The molecule has 0 saturated heterocycles. The Labute approximate surface area is 179 Å². The van der Waals surface area contributed by atoms with Gasteiger partial charge in [0.05, 0.1) is 7.11 Å². The number of fused-ring (bicyclic) bond motifs is 1. The van der Waals surface area contributed by atoms with E-state index >= 15 is 0 Å². The van der Waals surface area contributed by atoms with Gasteiger partial charge in [-0.25, -0.2) is 0 Å². The number of methoxy groups -OCH3 is 1. The van der Waals surface area contributed by atoms with Crippen LogP contribution in [0.25, 0.3) is 22.3 Å². The molecule has 0 unspecified atom stereocenters. The number of benzene rings is 2. The van der Waals surface area contributed by atoms with Crippen LogP contribution in [0.5, 0.6) is 23.0 Å². The van der Waals surface area contributed by atoms with Crippen LogP contribution in [-0.2, 0) is 19.3 Å². The molecular weight excluding hydrogens is 396 g/mol. The number of phenols is 3. The number of phenolic OH excluding ortho intramolecular Hbond substituents is 3. The molecule has 0 radical (unpaired) electrons. The van der Waals surface area contributed by atoms with Gasteiger partial charge >= 0.3 is 0 Å². The fourth-order valence-electron chi connectivity index (χ4n) is 3.65. The van der Waals surface area contributed by atoms with Crippen molar-refractivity contribution in [1.29, 1.82) is 0 Å². The first kappa shape index (κ1) is 21.8. The van der Waals surface area contributed by atoms with E-state index in [4.69, 9.17) is 9.15 Å². The summed E-state index contributed by atoms with van der Waals surface area (Å²) in [5, 5.41) is 32.0. The second kappa shape index (κ2) is 8.83. The van der Waals surface area contributed by atoms with Crippen molar-refractivity contribution in [1.82, 2.24) is 0 Å². The topological polar surface area (TPSA) is 100 Å². The molecule has 0 amide bonds. The minimum absolute atomic E-state index is 0.0294. The van der Waals surface area contributed by atoms with Gasteiger partial charge in [-0.15, -0.1) is 19.7 Å². The quantitative estimate of drug-likeness (QED) is 0.454. The molecule has 1 aromatic heterocycles. The first-order valence-corrected chi connectivity index (χ1v) is 9.64. The van der Waals surface area contributed by atoms with Crippen LogP contribution in [0, 0.1) is 0 Å². The lowest BCUT2D eigenvalue weighted by Gasteiger charge is -2.16. The molecule has 3 rings (SSSR count). The lowest BCUT2D eigenvalue weighted by Crippen LogP contribution is -2.06. The largest absolute Gasteiger partial charge is 0.507 e. The Bertz CT molecular complexity index is 1250. The second-order valence-electron chi connectivity index (χ2n) is 6.95. The van der Waals surface area contributed by atoms with Crippen molar-refractivity contribution in [3.05, 3.63) is 83.1 Å². The lowest BCUT2D eigenvalue weighted by atomic mass is 9.96. The van der Waals surface area contributed by atoms with Gasteiger partial charge in [0.2, 0.25) is 0 Å². The summed E-state index contributed by atoms with van der Waals surface area (Å²) >= 11 is 0. The molecule has 0 saturated carbocycles. The lowest BCUT2D eigenvalue weighted by molar-refractivity contribution is 0.371. The van der Waals surface area contributed by atoms with E-state index in [9.17, 15) is 20.1 Å². The Hall–Kier alpha value is -3.93. The van der Waals surface area contributed by atoms with Crippen molar-refractivity contribution in [2.24, 2.45) is 0 Å².